The molecule has 2 aliphatic carbocycles. The van der Waals surface area contributed by atoms with E-state index in [0.29, 0.717) is 42.4 Å². The van der Waals surface area contributed by atoms with E-state index >= 15 is 0 Å². The summed E-state index contributed by atoms with van der Waals surface area (Å²) in [6, 6.07) is 2.75. The van der Waals surface area contributed by atoms with Crippen LogP contribution in [-0.4, -0.2) is 28.7 Å². The van der Waals surface area contributed by atoms with E-state index in [4.69, 9.17) is 4.74 Å². The molecule has 1 aromatic carbocycles. The third kappa shape index (κ3) is 3.57. The van der Waals surface area contributed by atoms with Gasteiger partial charge in [0.2, 0.25) is 5.75 Å². The van der Waals surface area contributed by atoms with Gasteiger partial charge in [0.15, 0.2) is 17.3 Å². The van der Waals surface area contributed by atoms with Gasteiger partial charge in [-0.15, -0.1) is 0 Å². The summed E-state index contributed by atoms with van der Waals surface area (Å²) in [6.07, 6.45) is 1.91. The van der Waals surface area contributed by atoms with Gasteiger partial charge in [0, 0.05) is 47.4 Å². The molecule has 170 valence electrons. The van der Waals surface area contributed by atoms with Gasteiger partial charge in [-0.2, -0.15) is 0 Å². The second-order valence-corrected chi connectivity index (χ2v) is 10.6. The molecule has 0 spiro atoms. The zero-order valence-electron chi connectivity index (χ0n) is 19.0. The van der Waals surface area contributed by atoms with E-state index in [2.05, 4.69) is 5.32 Å². The summed E-state index contributed by atoms with van der Waals surface area (Å²) in [5.74, 6) is -1.53. The summed E-state index contributed by atoms with van der Waals surface area (Å²) in [5, 5.41) is 25.3. The van der Waals surface area contributed by atoms with E-state index in [0.717, 1.165) is 11.4 Å². The Morgan fingerprint density at radius 2 is 1.50 bits per heavy atom. The van der Waals surface area contributed by atoms with Crippen LogP contribution >= 0.6 is 0 Å². The van der Waals surface area contributed by atoms with E-state index < -0.39 is 22.3 Å². The van der Waals surface area contributed by atoms with Gasteiger partial charge >= 0.3 is 5.69 Å². The minimum Gasteiger partial charge on any atom is -0.500 e. The number of rotatable bonds is 3. The molecule has 0 bridgehead atoms. The molecule has 3 aliphatic rings. The Balaban J connectivity index is 1.99. The van der Waals surface area contributed by atoms with Crippen molar-refractivity contribution in [3.8, 4) is 11.5 Å². The van der Waals surface area contributed by atoms with Crippen molar-refractivity contribution in [2.24, 2.45) is 10.8 Å². The molecular formula is C24H28N2O6. The number of carbonyl (C=O) groups is 2. The second-order valence-electron chi connectivity index (χ2n) is 10.6. The van der Waals surface area contributed by atoms with Gasteiger partial charge < -0.3 is 15.2 Å². The molecule has 8 heteroatoms. The van der Waals surface area contributed by atoms with E-state index in [1.807, 2.05) is 27.7 Å². The number of methoxy groups -OCH3 is 1. The summed E-state index contributed by atoms with van der Waals surface area (Å²) in [7, 11) is 1.31. The van der Waals surface area contributed by atoms with Gasteiger partial charge in [-0.3, -0.25) is 19.7 Å². The fourth-order valence-electron chi connectivity index (χ4n) is 5.30. The zero-order valence-corrected chi connectivity index (χ0v) is 19.0. The SMILES string of the molecule is COc1cc(C2C3=C(CC(C)(C)CC3=O)NC3=C2C(=O)CC(C)(C)C3)cc([N+](=O)[O-])c1O. The van der Waals surface area contributed by atoms with E-state index in [1.165, 1.54) is 19.2 Å². The molecule has 32 heavy (non-hydrogen) atoms. The Labute approximate surface area is 186 Å². The molecule has 0 fully saturated rings. The normalized spacial score (nSPS) is 22.3. The number of phenols is 1. The third-order valence-corrected chi connectivity index (χ3v) is 6.55. The number of benzene rings is 1. The summed E-state index contributed by atoms with van der Waals surface area (Å²) in [4.78, 5) is 37.6. The Bertz CT molecular complexity index is 1070. The Morgan fingerprint density at radius 1 is 1.00 bits per heavy atom. The first-order valence-electron chi connectivity index (χ1n) is 10.7. The Kier molecular flexibility index (Phi) is 4.95. The lowest BCUT2D eigenvalue weighted by atomic mass is 9.64. The molecule has 0 saturated heterocycles. The molecule has 1 aromatic rings. The topological polar surface area (TPSA) is 119 Å². The van der Waals surface area contributed by atoms with Crippen molar-refractivity contribution in [2.45, 2.75) is 59.3 Å². The van der Waals surface area contributed by atoms with Crippen molar-refractivity contribution in [3.63, 3.8) is 0 Å². The van der Waals surface area contributed by atoms with Crippen molar-refractivity contribution in [1.82, 2.24) is 5.32 Å². The first-order valence-corrected chi connectivity index (χ1v) is 10.7. The fourth-order valence-corrected chi connectivity index (χ4v) is 5.30. The number of phenolic OH excluding ortho intramolecular Hbond substituents is 1. The van der Waals surface area contributed by atoms with E-state index in [9.17, 15) is 24.8 Å². The Morgan fingerprint density at radius 3 is 1.94 bits per heavy atom. The average Bonchev–Trinajstić information content (AvgIpc) is 2.64. The molecule has 0 aromatic heterocycles. The standard InChI is InChI=1S/C24H28N2O6/c1-23(2)8-13-20(16(27)10-23)19(21-14(25-13)9-24(3,4)11-17(21)28)12-6-15(26(30)31)22(29)18(7-12)32-5/h6-7,19,25,29H,8-11H2,1-5H3. The van der Waals surface area contributed by atoms with Crippen molar-refractivity contribution in [3.05, 3.63) is 50.4 Å². The first-order chi connectivity index (χ1) is 14.8. The van der Waals surface area contributed by atoms with Gasteiger partial charge in [0.25, 0.3) is 0 Å². The fraction of sp³-hybridized carbons (Fsp3) is 0.500. The number of nitrogens with one attached hydrogen (secondary N) is 1. The molecule has 0 radical (unpaired) electrons. The van der Waals surface area contributed by atoms with Gasteiger partial charge in [0.1, 0.15) is 0 Å². The molecule has 8 nitrogen and oxygen atoms in total. The monoisotopic (exact) mass is 440 g/mol. The smallest absolute Gasteiger partial charge is 0.314 e. The van der Waals surface area contributed by atoms with Crippen LogP contribution in [0.4, 0.5) is 5.69 Å². The predicted molar refractivity (Wildman–Crippen MR) is 117 cm³/mol. The van der Waals surface area contributed by atoms with E-state index in [1.54, 1.807) is 0 Å². The Hall–Kier alpha value is -3.16. The van der Waals surface area contributed by atoms with Gasteiger partial charge in [-0.25, -0.2) is 0 Å². The number of hydrogen-bond donors (Lipinski definition) is 2. The zero-order chi connectivity index (χ0) is 23.6. The van der Waals surface area contributed by atoms with Gasteiger partial charge in [-0.05, 0) is 35.3 Å². The lowest BCUT2D eigenvalue weighted by Gasteiger charge is -2.44. The highest BCUT2D eigenvalue weighted by Gasteiger charge is 2.47. The number of Topliss-reactive ketones (excluding diaryl/α,β-unsaturated/α-hetero) is 2. The molecule has 4 rings (SSSR count). The molecule has 0 unspecified atom stereocenters. The predicted octanol–water partition coefficient (Wildman–Crippen LogP) is 4.28. The minimum absolute atomic E-state index is 0.0655. The number of carbonyl (C=O) groups excluding carboxylic acids is 2. The van der Waals surface area contributed by atoms with E-state index in [-0.39, 0.29) is 28.1 Å². The largest absolute Gasteiger partial charge is 0.500 e. The van der Waals surface area contributed by atoms with Crippen LogP contribution in [0.3, 0.4) is 0 Å². The summed E-state index contributed by atoms with van der Waals surface area (Å²) in [6.45, 7) is 8.11. The van der Waals surface area contributed by atoms with Crippen LogP contribution in [0, 0.1) is 20.9 Å². The number of dihydropyridines is 1. The number of aromatic hydroxyl groups is 1. The first kappa shape index (κ1) is 22.0. The molecule has 0 amide bonds. The number of ketones is 2. The summed E-state index contributed by atoms with van der Waals surface area (Å²) >= 11 is 0. The van der Waals surface area contributed by atoms with Crippen LogP contribution in [0.15, 0.2) is 34.7 Å². The molecule has 0 saturated carbocycles. The van der Waals surface area contributed by atoms with Crippen LogP contribution in [0.1, 0.15) is 64.9 Å². The van der Waals surface area contributed by atoms with Gasteiger partial charge in [0.05, 0.1) is 12.0 Å². The maximum Gasteiger partial charge on any atom is 0.314 e. The summed E-state index contributed by atoms with van der Waals surface area (Å²) in [5.41, 5.74) is 1.92. The number of ether oxygens (including phenoxy) is 1. The molecular weight excluding hydrogens is 412 g/mol. The number of hydrogen-bond acceptors (Lipinski definition) is 7. The molecule has 1 heterocycles. The van der Waals surface area contributed by atoms with Crippen molar-refractivity contribution in [2.75, 3.05) is 7.11 Å². The molecule has 2 N–H and O–H groups in total. The second kappa shape index (κ2) is 7.18. The lowest BCUT2D eigenvalue weighted by molar-refractivity contribution is -0.386. The van der Waals surface area contributed by atoms with Crippen molar-refractivity contribution >= 4 is 17.3 Å². The average molecular weight is 440 g/mol. The quantitative estimate of drug-likeness (QED) is 0.532. The van der Waals surface area contributed by atoms with Crippen LogP contribution in [0.5, 0.6) is 11.5 Å². The molecule has 0 atom stereocenters. The lowest BCUT2D eigenvalue weighted by Crippen LogP contribution is -2.42. The van der Waals surface area contributed by atoms with Gasteiger partial charge in [-0.1, -0.05) is 27.7 Å². The highest BCUT2D eigenvalue weighted by Crippen LogP contribution is 2.52. The highest BCUT2D eigenvalue weighted by atomic mass is 16.6. The number of nitro groups is 1. The summed E-state index contributed by atoms with van der Waals surface area (Å²) < 4.78 is 5.19. The highest BCUT2D eigenvalue weighted by molar-refractivity contribution is 6.06. The van der Waals surface area contributed by atoms with Crippen LogP contribution in [0.2, 0.25) is 0 Å². The van der Waals surface area contributed by atoms with Crippen LogP contribution in [-0.2, 0) is 9.59 Å². The number of allylic oxidation sites excluding steroid dienone is 4. The number of nitrogens with zero attached hydrogens (tertiary/aromatic N) is 1. The van der Waals surface area contributed by atoms with Crippen LogP contribution < -0.4 is 10.1 Å². The molecule has 1 aliphatic heterocycles. The maximum absolute atomic E-state index is 13.3. The van der Waals surface area contributed by atoms with Crippen LogP contribution in [0.25, 0.3) is 0 Å². The number of nitro benzene ring substituents is 1. The maximum atomic E-state index is 13.3. The van der Waals surface area contributed by atoms with Crippen molar-refractivity contribution in [1.29, 1.82) is 0 Å². The third-order valence-electron chi connectivity index (χ3n) is 6.55. The van der Waals surface area contributed by atoms with Crippen molar-refractivity contribution < 1.29 is 24.4 Å². The minimum atomic E-state index is -0.735.